The summed E-state index contributed by atoms with van der Waals surface area (Å²) in [5.41, 5.74) is 1.58. The summed E-state index contributed by atoms with van der Waals surface area (Å²) >= 11 is 11.9. The summed E-state index contributed by atoms with van der Waals surface area (Å²) in [4.78, 5) is 4.24. The van der Waals surface area contributed by atoms with Gasteiger partial charge in [-0.3, -0.25) is 4.72 Å². The lowest BCUT2D eigenvalue weighted by Gasteiger charge is -2.09. The van der Waals surface area contributed by atoms with Crippen LogP contribution in [-0.4, -0.2) is 13.4 Å². The van der Waals surface area contributed by atoms with Crippen molar-refractivity contribution in [2.45, 2.75) is 4.90 Å². The quantitative estimate of drug-likeness (QED) is 0.705. The summed E-state index contributed by atoms with van der Waals surface area (Å²) in [6, 6.07) is 16.7. The molecule has 0 amide bonds. The third kappa shape index (κ3) is 3.70. The van der Waals surface area contributed by atoms with E-state index in [9.17, 15) is 8.42 Å². The van der Waals surface area contributed by atoms with Gasteiger partial charge in [-0.1, -0.05) is 47.5 Å². The maximum Gasteiger partial charge on any atom is 0.263 e. The molecule has 1 aromatic heterocycles. The van der Waals surface area contributed by atoms with E-state index in [1.807, 2.05) is 0 Å². The van der Waals surface area contributed by atoms with Crippen molar-refractivity contribution in [1.82, 2.24) is 4.98 Å². The van der Waals surface area contributed by atoms with Crippen molar-refractivity contribution in [3.05, 3.63) is 76.9 Å². The van der Waals surface area contributed by atoms with Gasteiger partial charge in [0, 0.05) is 6.20 Å². The van der Waals surface area contributed by atoms with E-state index in [2.05, 4.69) is 9.71 Å². The Balaban J connectivity index is 1.92. The van der Waals surface area contributed by atoms with Crippen LogP contribution in [0.25, 0.3) is 11.1 Å². The van der Waals surface area contributed by atoms with Gasteiger partial charge in [0.05, 0.1) is 14.9 Å². The Morgan fingerprint density at radius 1 is 0.833 bits per heavy atom. The molecule has 1 heterocycles. The summed E-state index contributed by atoms with van der Waals surface area (Å²) in [5.74, 6) is 0.224. The molecule has 2 aromatic carbocycles. The van der Waals surface area contributed by atoms with Gasteiger partial charge in [0.1, 0.15) is 5.82 Å². The summed E-state index contributed by atoms with van der Waals surface area (Å²) < 4.78 is 27.2. The van der Waals surface area contributed by atoms with Crippen LogP contribution in [0.3, 0.4) is 0 Å². The molecular weight excluding hydrogens is 367 g/mol. The molecule has 24 heavy (non-hydrogen) atoms. The second-order valence-electron chi connectivity index (χ2n) is 4.98. The molecular formula is C17H12Cl2N2O2S. The normalized spacial score (nSPS) is 11.2. The van der Waals surface area contributed by atoms with Crippen molar-refractivity contribution in [1.29, 1.82) is 0 Å². The molecule has 0 saturated carbocycles. The van der Waals surface area contributed by atoms with Crippen LogP contribution in [-0.2, 0) is 10.0 Å². The Kier molecular flexibility index (Phi) is 4.76. The molecule has 0 saturated heterocycles. The Morgan fingerprint density at radius 2 is 1.54 bits per heavy atom. The highest BCUT2D eigenvalue weighted by atomic mass is 35.5. The molecule has 0 aliphatic rings. The predicted octanol–water partition coefficient (Wildman–Crippen LogP) is 4.86. The third-order valence-corrected chi connectivity index (χ3v) is 5.41. The maximum atomic E-state index is 12.4. The molecule has 0 atom stereocenters. The molecule has 122 valence electrons. The van der Waals surface area contributed by atoms with Crippen LogP contribution >= 0.6 is 23.2 Å². The van der Waals surface area contributed by atoms with E-state index in [0.29, 0.717) is 10.0 Å². The van der Waals surface area contributed by atoms with Crippen molar-refractivity contribution < 1.29 is 8.42 Å². The molecule has 0 unspecified atom stereocenters. The largest absolute Gasteiger partial charge is 0.263 e. The zero-order valence-electron chi connectivity index (χ0n) is 12.3. The lowest BCUT2D eigenvalue weighted by molar-refractivity contribution is 0.601. The van der Waals surface area contributed by atoms with E-state index in [4.69, 9.17) is 23.2 Å². The summed E-state index contributed by atoms with van der Waals surface area (Å²) in [5, 5.41) is 0.886. The van der Waals surface area contributed by atoms with E-state index in [1.54, 1.807) is 48.5 Å². The number of hydrogen-bond acceptors (Lipinski definition) is 3. The Morgan fingerprint density at radius 3 is 2.25 bits per heavy atom. The first-order valence-electron chi connectivity index (χ1n) is 6.95. The Labute approximate surface area is 150 Å². The average Bonchev–Trinajstić information content (AvgIpc) is 2.58. The van der Waals surface area contributed by atoms with E-state index >= 15 is 0 Å². The number of rotatable bonds is 4. The highest BCUT2D eigenvalue weighted by Gasteiger charge is 2.14. The third-order valence-electron chi connectivity index (χ3n) is 3.31. The molecule has 0 radical (unpaired) electrons. The number of halogens is 2. The van der Waals surface area contributed by atoms with Crippen LogP contribution in [0.4, 0.5) is 5.82 Å². The number of benzene rings is 2. The molecule has 0 spiro atoms. The molecule has 0 aliphatic heterocycles. The topological polar surface area (TPSA) is 59.1 Å². The molecule has 4 nitrogen and oxygen atoms in total. The van der Waals surface area contributed by atoms with E-state index in [1.165, 1.54) is 18.3 Å². The molecule has 7 heteroatoms. The van der Waals surface area contributed by atoms with Gasteiger partial charge in [-0.05, 0) is 47.5 Å². The molecule has 0 bridgehead atoms. The van der Waals surface area contributed by atoms with Crippen molar-refractivity contribution in [2.75, 3.05) is 4.72 Å². The van der Waals surface area contributed by atoms with Gasteiger partial charge in [0.25, 0.3) is 10.0 Å². The molecule has 0 aliphatic carbocycles. The molecule has 0 fully saturated rings. The highest BCUT2D eigenvalue weighted by Crippen LogP contribution is 2.29. The number of nitrogens with zero attached hydrogens (tertiary/aromatic N) is 1. The van der Waals surface area contributed by atoms with Gasteiger partial charge in [-0.2, -0.15) is 0 Å². The minimum Gasteiger partial charge on any atom is -0.263 e. The lowest BCUT2D eigenvalue weighted by atomic mass is 10.1. The number of pyridine rings is 1. The first-order chi connectivity index (χ1) is 11.5. The second kappa shape index (κ2) is 6.81. The second-order valence-corrected chi connectivity index (χ2v) is 7.47. The van der Waals surface area contributed by atoms with E-state index < -0.39 is 10.0 Å². The van der Waals surface area contributed by atoms with Crippen LogP contribution in [0, 0.1) is 0 Å². The summed E-state index contributed by atoms with van der Waals surface area (Å²) in [6.07, 6.45) is 1.53. The fraction of sp³-hybridized carbons (Fsp3) is 0. The monoisotopic (exact) mass is 378 g/mol. The Bertz CT molecular complexity index is 977. The zero-order chi connectivity index (χ0) is 17.2. The van der Waals surface area contributed by atoms with Crippen molar-refractivity contribution in [3.63, 3.8) is 0 Å². The fourth-order valence-electron chi connectivity index (χ4n) is 2.14. The smallest absolute Gasteiger partial charge is 0.263 e. The SMILES string of the molecule is O=S(=O)(Nc1cc(-c2ccc(Cl)c(Cl)c2)ccn1)c1ccccc1. The summed E-state index contributed by atoms with van der Waals surface area (Å²) in [6.45, 7) is 0. The van der Waals surface area contributed by atoms with Gasteiger partial charge < -0.3 is 0 Å². The Hall–Kier alpha value is -2.08. The summed E-state index contributed by atoms with van der Waals surface area (Å²) in [7, 11) is -3.69. The van der Waals surface area contributed by atoms with Crippen molar-refractivity contribution in [2.24, 2.45) is 0 Å². The van der Waals surface area contributed by atoms with Crippen LogP contribution in [0.15, 0.2) is 71.8 Å². The number of aromatic nitrogens is 1. The maximum absolute atomic E-state index is 12.4. The van der Waals surface area contributed by atoms with Gasteiger partial charge in [-0.25, -0.2) is 13.4 Å². The average molecular weight is 379 g/mol. The van der Waals surface area contributed by atoms with Gasteiger partial charge in [-0.15, -0.1) is 0 Å². The minimum absolute atomic E-state index is 0.173. The zero-order valence-corrected chi connectivity index (χ0v) is 14.6. The van der Waals surface area contributed by atoms with Crippen molar-refractivity contribution >= 4 is 39.0 Å². The van der Waals surface area contributed by atoms with Gasteiger partial charge in [0.15, 0.2) is 0 Å². The number of hydrogen-bond donors (Lipinski definition) is 1. The van der Waals surface area contributed by atoms with Crippen LogP contribution in [0.5, 0.6) is 0 Å². The standard InChI is InChI=1S/C17H12Cl2N2O2S/c18-15-7-6-12(10-16(15)19)13-8-9-20-17(11-13)21-24(22,23)14-4-2-1-3-5-14/h1-11H,(H,20,21). The van der Waals surface area contributed by atoms with Crippen LogP contribution in [0.1, 0.15) is 0 Å². The van der Waals surface area contributed by atoms with Crippen molar-refractivity contribution in [3.8, 4) is 11.1 Å². The van der Waals surface area contributed by atoms with Gasteiger partial charge >= 0.3 is 0 Å². The highest BCUT2D eigenvalue weighted by molar-refractivity contribution is 7.92. The molecule has 3 aromatic rings. The lowest BCUT2D eigenvalue weighted by Crippen LogP contribution is -2.13. The number of sulfonamides is 1. The molecule has 1 N–H and O–H groups in total. The van der Waals surface area contributed by atoms with E-state index in [0.717, 1.165) is 11.1 Å². The minimum atomic E-state index is -3.69. The van der Waals surface area contributed by atoms with Crippen LogP contribution in [0.2, 0.25) is 10.0 Å². The molecule has 3 rings (SSSR count). The number of nitrogens with one attached hydrogen (secondary N) is 1. The van der Waals surface area contributed by atoms with E-state index in [-0.39, 0.29) is 10.7 Å². The van der Waals surface area contributed by atoms with Gasteiger partial charge in [0.2, 0.25) is 0 Å². The van der Waals surface area contributed by atoms with Crippen LogP contribution < -0.4 is 4.72 Å². The first kappa shape index (κ1) is 16.8. The first-order valence-corrected chi connectivity index (χ1v) is 9.19. The fourth-order valence-corrected chi connectivity index (χ4v) is 3.46. The number of anilines is 1. The predicted molar refractivity (Wildman–Crippen MR) is 96.9 cm³/mol.